The van der Waals surface area contributed by atoms with E-state index >= 15 is 0 Å². The predicted octanol–water partition coefficient (Wildman–Crippen LogP) is 3.12. The van der Waals surface area contributed by atoms with Crippen LogP contribution < -0.4 is 10.2 Å². The van der Waals surface area contributed by atoms with Gasteiger partial charge in [-0.25, -0.2) is 0 Å². The van der Waals surface area contributed by atoms with Crippen molar-refractivity contribution in [1.82, 2.24) is 4.98 Å². The number of phenols is 3. The van der Waals surface area contributed by atoms with E-state index in [0.717, 1.165) is 12.1 Å². The van der Waals surface area contributed by atoms with Crippen LogP contribution in [0.3, 0.4) is 0 Å². The zero-order valence-corrected chi connectivity index (χ0v) is 16.3. The first-order valence-electron chi connectivity index (χ1n) is 9.53. The topological polar surface area (TPSA) is 150 Å². The molecule has 1 atom stereocenters. The molecule has 0 saturated carbocycles. The average molecular weight is 433 g/mol. The Labute approximate surface area is 179 Å². The smallest absolute Gasteiger partial charge is 0.312 e. The summed E-state index contributed by atoms with van der Waals surface area (Å²) in [6.45, 7) is 0. The van der Waals surface area contributed by atoms with Gasteiger partial charge in [0.15, 0.2) is 17.3 Å². The molecule has 3 heterocycles. The van der Waals surface area contributed by atoms with Gasteiger partial charge in [-0.2, -0.15) is 0 Å². The van der Waals surface area contributed by atoms with Gasteiger partial charge >= 0.3 is 5.97 Å². The second-order valence-electron chi connectivity index (χ2n) is 7.34. The van der Waals surface area contributed by atoms with Crippen molar-refractivity contribution >= 4 is 16.9 Å². The van der Waals surface area contributed by atoms with E-state index in [1.807, 2.05) is 0 Å². The number of carbonyl (C=O) groups is 1. The van der Waals surface area contributed by atoms with E-state index in [9.17, 15) is 30.0 Å². The molecule has 1 aliphatic rings. The second-order valence-corrected chi connectivity index (χ2v) is 7.34. The third-order valence-corrected chi connectivity index (χ3v) is 5.41. The van der Waals surface area contributed by atoms with Gasteiger partial charge in [-0.05, 0) is 35.9 Å². The summed E-state index contributed by atoms with van der Waals surface area (Å²) in [4.78, 5) is 29.2. The van der Waals surface area contributed by atoms with Crippen molar-refractivity contribution in [3.8, 4) is 40.1 Å². The van der Waals surface area contributed by atoms with Gasteiger partial charge in [-0.3, -0.25) is 14.6 Å². The maximum atomic E-state index is 13.0. The molecule has 32 heavy (non-hydrogen) atoms. The first-order valence-corrected chi connectivity index (χ1v) is 9.53. The molecule has 9 heteroatoms. The van der Waals surface area contributed by atoms with Crippen molar-refractivity contribution in [2.45, 2.75) is 12.3 Å². The number of hydrogen-bond acceptors (Lipinski definition) is 9. The van der Waals surface area contributed by atoms with E-state index in [2.05, 4.69) is 4.98 Å². The van der Waals surface area contributed by atoms with E-state index in [-0.39, 0.29) is 34.5 Å². The minimum Gasteiger partial charge on any atom is -0.507 e. The lowest BCUT2D eigenvalue weighted by Gasteiger charge is -2.26. The number of aromatic nitrogens is 1. The Morgan fingerprint density at radius 1 is 0.906 bits per heavy atom. The Morgan fingerprint density at radius 2 is 1.66 bits per heavy atom. The van der Waals surface area contributed by atoms with Crippen molar-refractivity contribution in [3.63, 3.8) is 0 Å². The van der Waals surface area contributed by atoms with Crippen molar-refractivity contribution in [2.75, 3.05) is 0 Å². The SMILES string of the molecule is O=C1CC(c2ccncc2)c2c(cc(O)c3c(=O)c(O)c(-c4ccc(O)c(O)c4)oc23)O1. The molecular formula is C23H15NO8. The quantitative estimate of drug-likeness (QED) is 0.212. The van der Waals surface area contributed by atoms with Gasteiger partial charge in [0.25, 0.3) is 0 Å². The van der Waals surface area contributed by atoms with Crippen molar-refractivity contribution in [2.24, 2.45) is 0 Å². The molecule has 1 unspecified atom stereocenters. The number of nitrogens with zero attached hydrogens (tertiary/aromatic N) is 1. The normalized spacial score (nSPS) is 15.4. The van der Waals surface area contributed by atoms with Crippen LogP contribution in [-0.4, -0.2) is 31.4 Å². The van der Waals surface area contributed by atoms with Gasteiger partial charge in [0.1, 0.15) is 22.5 Å². The number of rotatable bonds is 2. The fraction of sp³-hybridized carbons (Fsp3) is 0.0870. The van der Waals surface area contributed by atoms with Crippen LogP contribution in [0.5, 0.6) is 28.7 Å². The highest BCUT2D eigenvalue weighted by molar-refractivity contribution is 5.94. The first kappa shape index (κ1) is 19.4. The fourth-order valence-electron chi connectivity index (χ4n) is 3.92. The van der Waals surface area contributed by atoms with Crippen molar-refractivity contribution in [3.05, 3.63) is 70.1 Å². The molecule has 160 valence electrons. The van der Waals surface area contributed by atoms with Gasteiger partial charge in [0.05, 0.1) is 6.42 Å². The standard InChI is InChI=1S/C23H15NO8/c25-13-2-1-11(7-14(13)26)22-21(30)20(29)19-15(27)9-16-18(23(19)32-22)12(8-17(28)31-16)10-3-5-24-6-4-10/h1-7,9,12,25-27,30H,8H2. The van der Waals surface area contributed by atoms with E-state index in [4.69, 9.17) is 9.15 Å². The minimum absolute atomic E-state index is 0.0291. The van der Waals surface area contributed by atoms with Crippen LogP contribution in [-0.2, 0) is 4.79 Å². The molecule has 0 bridgehead atoms. The highest BCUT2D eigenvalue weighted by Gasteiger charge is 2.34. The van der Waals surface area contributed by atoms with Crippen LogP contribution in [0.2, 0.25) is 0 Å². The number of fused-ring (bicyclic) bond motifs is 3. The third kappa shape index (κ3) is 2.90. The number of pyridine rings is 1. The summed E-state index contributed by atoms with van der Waals surface area (Å²) in [6.07, 6.45) is 3.07. The number of phenolic OH excluding ortho intramolecular Hbond substituents is 3. The number of carbonyl (C=O) groups excluding carboxylic acids is 1. The van der Waals surface area contributed by atoms with Crippen LogP contribution in [0.1, 0.15) is 23.5 Å². The summed E-state index contributed by atoms with van der Waals surface area (Å²) >= 11 is 0. The van der Waals surface area contributed by atoms with Crippen LogP contribution in [0.15, 0.2) is 58.0 Å². The van der Waals surface area contributed by atoms with Crippen LogP contribution in [0.4, 0.5) is 0 Å². The second kappa shape index (κ2) is 7.02. The van der Waals surface area contributed by atoms with E-state index < -0.39 is 40.3 Å². The molecule has 0 radical (unpaired) electrons. The van der Waals surface area contributed by atoms with Gasteiger partial charge in [0, 0.05) is 35.5 Å². The summed E-state index contributed by atoms with van der Waals surface area (Å²) in [7, 11) is 0. The van der Waals surface area contributed by atoms with E-state index in [0.29, 0.717) is 11.1 Å². The summed E-state index contributed by atoms with van der Waals surface area (Å²) in [5, 5.41) is 40.1. The number of benzene rings is 2. The molecule has 1 aliphatic heterocycles. The van der Waals surface area contributed by atoms with Crippen molar-refractivity contribution in [1.29, 1.82) is 0 Å². The molecule has 2 aromatic heterocycles. The highest BCUT2D eigenvalue weighted by Crippen LogP contribution is 2.47. The molecular weight excluding hydrogens is 418 g/mol. The summed E-state index contributed by atoms with van der Waals surface area (Å²) in [6, 6.07) is 8.20. The lowest BCUT2D eigenvalue weighted by molar-refractivity contribution is -0.135. The fourth-order valence-corrected chi connectivity index (χ4v) is 3.92. The van der Waals surface area contributed by atoms with E-state index in [1.54, 1.807) is 24.5 Å². The Bertz CT molecular complexity index is 1460. The lowest BCUT2D eigenvalue weighted by Crippen LogP contribution is -2.22. The van der Waals surface area contributed by atoms with Crippen LogP contribution in [0.25, 0.3) is 22.3 Å². The predicted molar refractivity (Wildman–Crippen MR) is 111 cm³/mol. The lowest BCUT2D eigenvalue weighted by atomic mass is 9.85. The third-order valence-electron chi connectivity index (χ3n) is 5.41. The number of hydrogen-bond donors (Lipinski definition) is 4. The summed E-state index contributed by atoms with van der Waals surface area (Å²) in [5.74, 6) is -3.52. The van der Waals surface area contributed by atoms with Crippen LogP contribution >= 0.6 is 0 Å². The van der Waals surface area contributed by atoms with Crippen LogP contribution in [0, 0.1) is 0 Å². The molecule has 2 aromatic carbocycles. The highest BCUT2D eigenvalue weighted by atomic mass is 16.5. The number of ether oxygens (including phenoxy) is 1. The molecule has 0 aliphatic carbocycles. The zero-order valence-electron chi connectivity index (χ0n) is 16.3. The molecule has 0 saturated heterocycles. The monoisotopic (exact) mass is 433 g/mol. The Hall–Kier alpha value is -4.53. The Kier molecular flexibility index (Phi) is 4.26. The molecule has 5 rings (SSSR count). The summed E-state index contributed by atoms with van der Waals surface area (Å²) in [5.41, 5.74) is 0.204. The van der Waals surface area contributed by atoms with Gasteiger partial charge in [-0.1, -0.05) is 0 Å². The first-order chi connectivity index (χ1) is 15.3. The molecule has 0 amide bonds. The van der Waals surface area contributed by atoms with Gasteiger partial charge < -0.3 is 29.6 Å². The molecule has 0 fully saturated rings. The van der Waals surface area contributed by atoms with Gasteiger partial charge in [0.2, 0.25) is 11.2 Å². The van der Waals surface area contributed by atoms with E-state index in [1.165, 1.54) is 12.1 Å². The minimum atomic E-state index is -0.903. The molecule has 4 aromatic rings. The maximum Gasteiger partial charge on any atom is 0.312 e. The maximum absolute atomic E-state index is 13.0. The largest absolute Gasteiger partial charge is 0.507 e. The molecule has 9 nitrogen and oxygen atoms in total. The molecule has 4 N–H and O–H groups in total. The average Bonchev–Trinajstić information content (AvgIpc) is 2.77. The Morgan fingerprint density at radius 3 is 2.38 bits per heavy atom. The Balaban J connectivity index is 1.87. The molecule has 0 spiro atoms. The number of aromatic hydroxyl groups is 4. The van der Waals surface area contributed by atoms with Gasteiger partial charge in [-0.15, -0.1) is 0 Å². The number of esters is 1. The van der Waals surface area contributed by atoms with Crippen molar-refractivity contribution < 1.29 is 34.4 Å². The zero-order chi connectivity index (χ0) is 22.6. The summed E-state index contributed by atoms with van der Waals surface area (Å²) < 4.78 is 11.2.